The first kappa shape index (κ1) is 10.3. The van der Waals surface area contributed by atoms with Crippen LogP contribution in [0, 0.1) is 0 Å². The van der Waals surface area contributed by atoms with E-state index < -0.39 is 2.34 Å². The Hall–Kier alpha value is 0.200. The molecule has 0 unspecified atom stereocenters. The minimum Gasteiger partial charge on any atom is -0.290 e. The van der Waals surface area contributed by atoms with E-state index in [2.05, 4.69) is 0 Å². The summed E-state index contributed by atoms with van der Waals surface area (Å²) in [7, 11) is 0. The largest absolute Gasteiger partial charge is 0.290 e. The maximum absolute atomic E-state index is 11.4. The second-order valence-electron chi connectivity index (χ2n) is 2.19. The molecule has 0 amide bonds. The lowest BCUT2D eigenvalue weighted by Crippen LogP contribution is -2.17. The van der Waals surface area contributed by atoms with Crippen molar-refractivity contribution in [1.29, 1.82) is 0 Å². The average Bonchev–Trinajstić information content (AvgIpc) is 2.03. The van der Waals surface area contributed by atoms with E-state index in [0.717, 1.165) is 0 Å². The summed E-state index contributed by atoms with van der Waals surface area (Å²) in [6.45, 7) is 0. The summed E-state index contributed by atoms with van der Waals surface area (Å²) in [5, 5.41) is 0. The van der Waals surface area contributed by atoms with Gasteiger partial charge in [-0.1, -0.05) is 53.5 Å². The van der Waals surface area contributed by atoms with Gasteiger partial charge in [-0.2, -0.15) is 0 Å². The molecular weight excluding hydrogens is 310 g/mol. The van der Waals surface area contributed by atoms with Crippen LogP contribution in [0.4, 0.5) is 0 Å². The minimum atomic E-state index is -1.36. The predicted molar refractivity (Wildman–Crippen MR) is 59.2 cm³/mol. The Morgan fingerprint density at radius 2 is 1.75 bits per heavy atom. The molecule has 1 aromatic carbocycles. The molecule has 64 valence electrons. The fraction of sp³-hybridized carbons (Fsp3) is 0.125. The molecule has 0 fully saturated rings. The number of ketones is 1. The molecule has 0 atom stereocenters. The van der Waals surface area contributed by atoms with Crippen molar-refractivity contribution in [1.82, 2.24) is 0 Å². The van der Waals surface area contributed by atoms with Gasteiger partial charge in [0.2, 0.25) is 8.12 Å². The van der Waals surface area contributed by atoms with Crippen LogP contribution in [0.2, 0.25) is 0 Å². The van der Waals surface area contributed by atoms with Crippen molar-refractivity contribution in [3.8, 4) is 0 Å². The van der Waals surface area contributed by atoms with Crippen LogP contribution in [-0.4, -0.2) is 8.12 Å². The van der Waals surface area contributed by atoms with Crippen LogP contribution < -0.4 is 0 Å². The van der Waals surface area contributed by atoms with Crippen molar-refractivity contribution < 1.29 is 4.79 Å². The topological polar surface area (TPSA) is 17.1 Å². The summed E-state index contributed by atoms with van der Waals surface area (Å²) in [5.74, 6) is -0.285. The molecule has 1 nitrogen and oxygen atoms in total. The van der Waals surface area contributed by atoms with E-state index in [-0.39, 0.29) is 5.78 Å². The number of carbonyl (C=O) groups is 1. The highest BCUT2D eigenvalue weighted by atomic mass is 127. The van der Waals surface area contributed by atoms with Crippen LogP contribution in [0.15, 0.2) is 30.3 Å². The van der Waals surface area contributed by atoms with Gasteiger partial charge in [0, 0.05) is 5.56 Å². The van der Waals surface area contributed by atoms with E-state index in [1.165, 1.54) is 0 Å². The molecule has 12 heavy (non-hydrogen) atoms. The number of halogens is 3. The number of rotatable bonds is 2. The first-order valence-corrected chi connectivity index (χ1v) is 5.02. The lowest BCUT2D eigenvalue weighted by atomic mass is 10.1. The van der Waals surface area contributed by atoms with Crippen LogP contribution in [0.3, 0.4) is 0 Å². The monoisotopic (exact) mass is 314 g/mol. The third-order valence-corrected chi connectivity index (χ3v) is 2.13. The summed E-state index contributed by atoms with van der Waals surface area (Å²) >= 11 is 12.9. The van der Waals surface area contributed by atoms with E-state index in [4.69, 9.17) is 23.2 Å². The van der Waals surface area contributed by atoms with Crippen molar-refractivity contribution in [2.75, 3.05) is 0 Å². The van der Waals surface area contributed by atoms with Crippen molar-refractivity contribution in [3.05, 3.63) is 35.9 Å². The average molecular weight is 315 g/mol. The molecule has 0 heterocycles. The molecule has 0 saturated heterocycles. The maximum Gasteiger partial charge on any atom is 0.230 e. The fourth-order valence-corrected chi connectivity index (χ4v) is 1.28. The molecule has 0 aliphatic carbocycles. The minimum absolute atomic E-state index is 0.285. The predicted octanol–water partition coefficient (Wildman–Crippen LogP) is 3.44. The lowest BCUT2D eigenvalue weighted by Gasteiger charge is -2.08. The molecule has 0 bridgehead atoms. The highest BCUT2D eigenvalue weighted by Crippen LogP contribution is 2.32. The number of alkyl halides is 3. The number of Topliss-reactive ketones (excluding diaryl/α,β-unsaturated/α-hetero) is 1. The Kier molecular flexibility index (Phi) is 3.37. The Labute approximate surface area is 94.2 Å². The van der Waals surface area contributed by atoms with Crippen LogP contribution in [0.5, 0.6) is 0 Å². The molecule has 0 aliphatic heterocycles. The molecule has 0 aliphatic rings. The summed E-state index contributed by atoms with van der Waals surface area (Å²) in [4.78, 5) is 11.4. The fourth-order valence-electron chi connectivity index (χ4n) is 0.753. The molecule has 0 N–H and O–H groups in total. The molecular formula is C8H5Cl2IO. The summed E-state index contributed by atoms with van der Waals surface area (Å²) < 4.78 is -1.36. The van der Waals surface area contributed by atoms with Crippen molar-refractivity contribution >= 4 is 51.6 Å². The standard InChI is InChI=1S/C8H5Cl2IO/c9-8(10,11)7(12)6-4-2-1-3-5-6/h1-5H. The van der Waals surface area contributed by atoms with Crippen LogP contribution in [0.25, 0.3) is 0 Å². The second kappa shape index (κ2) is 3.94. The lowest BCUT2D eigenvalue weighted by molar-refractivity contribution is 0.100. The molecule has 1 rings (SSSR count). The number of benzene rings is 1. The Balaban J connectivity index is 2.94. The number of hydrogen-bond donors (Lipinski definition) is 0. The van der Waals surface area contributed by atoms with Crippen molar-refractivity contribution in [3.63, 3.8) is 0 Å². The van der Waals surface area contributed by atoms with Crippen molar-refractivity contribution in [2.24, 2.45) is 0 Å². The zero-order chi connectivity index (χ0) is 9.19. The molecule has 1 aromatic rings. The molecule has 0 saturated carbocycles. The summed E-state index contributed by atoms with van der Waals surface area (Å²) in [6, 6.07) is 8.72. The van der Waals surface area contributed by atoms with E-state index in [0.29, 0.717) is 5.56 Å². The molecule has 0 aromatic heterocycles. The van der Waals surface area contributed by atoms with Gasteiger partial charge in [0.1, 0.15) is 0 Å². The highest BCUT2D eigenvalue weighted by molar-refractivity contribution is 14.1. The zero-order valence-corrected chi connectivity index (χ0v) is 9.60. The first-order chi connectivity index (χ1) is 5.52. The van der Waals surface area contributed by atoms with E-state index in [1.807, 2.05) is 6.07 Å². The van der Waals surface area contributed by atoms with E-state index in [1.54, 1.807) is 46.9 Å². The first-order valence-electron chi connectivity index (χ1n) is 3.18. The smallest absolute Gasteiger partial charge is 0.230 e. The second-order valence-corrected chi connectivity index (χ2v) is 6.41. The Bertz CT molecular complexity index is 279. The van der Waals surface area contributed by atoms with Gasteiger partial charge in [0.15, 0.2) is 0 Å². The third-order valence-electron chi connectivity index (χ3n) is 1.29. The van der Waals surface area contributed by atoms with Gasteiger partial charge in [0.25, 0.3) is 0 Å². The van der Waals surface area contributed by atoms with Gasteiger partial charge < -0.3 is 0 Å². The van der Waals surface area contributed by atoms with Gasteiger partial charge >= 0.3 is 0 Å². The Morgan fingerprint density at radius 3 is 2.17 bits per heavy atom. The molecule has 0 radical (unpaired) electrons. The van der Waals surface area contributed by atoms with Gasteiger partial charge in [-0.3, -0.25) is 4.79 Å². The normalized spacial score (nSPS) is 11.2. The van der Waals surface area contributed by atoms with Crippen LogP contribution in [-0.2, 0) is 0 Å². The molecule has 4 heteroatoms. The highest BCUT2D eigenvalue weighted by Gasteiger charge is 2.30. The quantitative estimate of drug-likeness (QED) is 0.464. The van der Waals surface area contributed by atoms with Crippen molar-refractivity contribution in [2.45, 2.75) is 2.34 Å². The SMILES string of the molecule is O=C(c1ccccc1)C(Cl)(Cl)I. The van der Waals surface area contributed by atoms with E-state index in [9.17, 15) is 4.79 Å². The number of carbonyl (C=O) groups excluding carboxylic acids is 1. The number of hydrogen-bond acceptors (Lipinski definition) is 1. The van der Waals surface area contributed by atoms with Gasteiger partial charge in [0.05, 0.1) is 0 Å². The van der Waals surface area contributed by atoms with Gasteiger partial charge in [-0.25, -0.2) is 0 Å². The maximum atomic E-state index is 11.4. The zero-order valence-electron chi connectivity index (χ0n) is 5.93. The van der Waals surface area contributed by atoms with Crippen LogP contribution in [0.1, 0.15) is 10.4 Å². The summed E-state index contributed by atoms with van der Waals surface area (Å²) in [6.07, 6.45) is 0. The van der Waals surface area contributed by atoms with Crippen LogP contribution >= 0.6 is 45.8 Å². The van der Waals surface area contributed by atoms with Gasteiger partial charge in [-0.15, -0.1) is 0 Å². The summed E-state index contributed by atoms with van der Waals surface area (Å²) in [5.41, 5.74) is 0.525. The van der Waals surface area contributed by atoms with Gasteiger partial charge in [-0.05, 0) is 22.6 Å². The molecule has 0 spiro atoms. The Morgan fingerprint density at radius 1 is 1.25 bits per heavy atom. The third kappa shape index (κ3) is 2.61. The van der Waals surface area contributed by atoms with E-state index >= 15 is 0 Å².